The van der Waals surface area contributed by atoms with Gasteiger partial charge in [-0.25, -0.2) is 12.8 Å². The van der Waals surface area contributed by atoms with Gasteiger partial charge in [0.25, 0.3) is 5.91 Å². The van der Waals surface area contributed by atoms with E-state index in [9.17, 15) is 17.6 Å². The smallest absolute Gasteiger partial charge is 0.265 e. The lowest BCUT2D eigenvalue weighted by Gasteiger charge is -2.26. The Labute approximate surface area is 187 Å². The molecule has 1 amide bonds. The summed E-state index contributed by atoms with van der Waals surface area (Å²) >= 11 is 1.21. The molecule has 0 unspecified atom stereocenters. The molecule has 4 rings (SSSR count). The quantitative estimate of drug-likeness (QED) is 0.679. The van der Waals surface area contributed by atoms with Crippen LogP contribution in [0.5, 0.6) is 0 Å². The fourth-order valence-corrected chi connectivity index (χ4v) is 7.10. The van der Waals surface area contributed by atoms with Crippen LogP contribution in [0, 0.1) is 5.82 Å². The van der Waals surface area contributed by atoms with Gasteiger partial charge in [-0.05, 0) is 48.4 Å². The van der Waals surface area contributed by atoms with E-state index in [0.29, 0.717) is 44.1 Å². The van der Waals surface area contributed by atoms with E-state index in [2.05, 4.69) is 4.90 Å². The van der Waals surface area contributed by atoms with Crippen molar-refractivity contribution >= 4 is 27.3 Å². The number of sulfonamides is 1. The summed E-state index contributed by atoms with van der Waals surface area (Å²) in [4.78, 5) is 17.7. The second kappa shape index (κ2) is 9.77. The van der Waals surface area contributed by atoms with Crippen LogP contribution < -0.4 is 0 Å². The highest BCUT2D eigenvalue weighted by molar-refractivity contribution is 7.89. The Morgan fingerprint density at radius 2 is 1.65 bits per heavy atom. The highest BCUT2D eigenvalue weighted by Crippen LogP contribution is 2.28. The molecule has 1 aromatic heterocycles. The number of benzene rings is 1. The number of carbonyl (C=O) groups is 1. The van der Waals surface area contributed by atoms with Crippen LogP contribution in [-0.4, -0.2) is 67.7 Å². The normalized spacial score (nSPS) is 19.3. The topological polar surface area (TPSA) is 60.9 Å². The lowest BCUT2D eigenvalue weighted by molar-refractivity contribution is 0.0762. The second-order valence-corrected chi connectivity index (χ2v) is 10.9. The second-order valence-electron chi connectivity index (χ2n) is 8.13. The predicted octanol–water partition coefficient (Wildman–Crippen LogP) is 3.41. The molecule has 0 bridgehead atoms. The molecular formula is C22H28FN3O3S2. The predicted molar refractivity (Wildman–Crippen MR) is 119 cm³/mol. The van der Waals surface area contributed by atoms with Crippen LogP contribution in [0.25, 0.3) is 0 Å². The summed E-state index contributed by atoms with van der Waals surface area (Å²) in [6.07, 6.45) is 3.58. The van der Waals surface area contributed by atoms with Gasteiger partial charge >= 0.3 is 0 Å². The van der Waals surface area contributed by atoms with Crippen LogP contribution in [0.3, 0.4) is 0 Å². The average molecular weight is 466 g/mol. The minimum atomic E-state index is -3.64. The van der Waals surface area contributed by atoms with Crippen molar-refractivity contribution in [2.45, 2.75) is 37.1 Å². The van der Waals surface area contributed by atoms with Crippen LogP contribution in [0.2, 0.25) is 0 Å². The van der Waals surface area contributed by atoms with Crippen LogP contribution in [0.15, 0.2) is 40.6 Å². The Bertz CT molecular complexity index is 1000. The first-order valence-corrected chi connectivity index (χ1v) is 13.1. The summed E-state index contributed by atoms with van der Waals surface area (Å²) in [5.74, 6) is -0.447. The molecule has 2 aliphatic heterocycles. The van der Waals surface area contributed by atoms with Gasteiger partial charge in [0.05, 0.1) is 0 Å². The molecule has 6 nitrogen and oxygen atoms in total. The molecule has 0 N–H and O–H groups in total. The molecule has 2 aromatic rings. The summed E-state index contributed by atoms with van der Waals surface area (Å²) in [6.45, 7) is 4.42. The Morgan fingerprint density at radius 3 is 2.39 bits per heavy atom. The molecule has 2 saturated heterocycles. The third kappa shape index (κ3) is 5.16. The van der Waals surface area contributed by atoms with E-state index in [4.69, 9.17) is 0 Å². The van der Waals surface area contributed by atoms with Crippen molar-refractivity contribution in [1.82, 2.24) is 14.1 Å². The number of piperidine rings is 1. The Hall–Kier alpha value is -1.81. The third-order valence-electron chi connectivity index (χ3n) is 5.95. The van der Waals surface area contributed by atoms with E-state index < -0.39 is 10.0 Å². The number of rotatable bonds is 5. The molecule has 0 radical (unpaired) electrons. The van der Waals surface area contributed by atoms with Crippen LogP contribution >= 0.6 is 11.3 Å². The number of thiophene rings is 1. The maximum atomic E-state index is 13.3. The van der Waals surface area contributed by atoms with E-state index in [1.165, 1.54) is 27.8 Å². The van der Waals surface area contributed by atoms with Crippen LogP contribution in [0.4, 0.5) is 4.39 Å². The molecule has 0 aliphatic carbocycles. The molecule has 0 atom stereocenters. The van der Waals surface area contributed by atoms with Crippen LogP contribution in [-0.2, 0) is 16.6 Å². The van der Waals surface area contributed by atoms with Crippen LogP contribution in [0.1, 0.15) is 40.9 Å². The number of hydrogen-bond donors (Lipinski definition) is 0. The molecule has 2 fully saturated rings. The monoisotopic (exact) mass is 465 g/mol. The minimum Gasteiger partial charge on any atom is -0.337 e. The zero-order chi connectivity index (χ0) is 21.8. The van der Waals surface area contributed by atoms with Gasteiger partial charge in [-0.1, -0.05) is 18.6 Å². The summed E-state index contributed by atoms with van der Waals surface area (Å²) in [7, 11) is -3.64. The number of nitrogens with zero attached hydrogens (tertiary/aromatic N) is 3. The number of hydrogen-bond acceptors (Lipinski definition) is 5. The zero-order valence-corrected chi connectivity index (χ0v) is 19.1. The van der Waals surface area contributed by atoms with Gasteiger partial charge in [0.1, 0.15) is 15.6 Å². The first-order valence-electron chi connectivity index (χ1n) is 10.8. The number of halogens is 1. The summed E-state index contributed by atoms with van der Waals surface area (Å²) in [5, 5.41) is 1.70. The van der Waals surface area contributed by atoms with Gasteiger partial charge in [-0.2, -0.15) is 4.31 Å². The summed E-state index contributed by atoms with van der Waals surface area (Å²) in [6, 6.07) is 8.06. The number of amides is 1. The first kappa shape index (κ1) is 22.4. The standard InChI is InChI=1S/C22H28FN3O3S2/c23-19-7-5-18(6-8-19)17-24-10-4-11-25(15-14-24)22(27)21-20(9-16-30-21)31(28,29)26-12-2-1-3-13-26/h5-9,16H,1-4,10-15,17H2. The van der Waals surface area contributed by atoms with Gasteiger partial charge in [0, 0.05) is 45.8 Å². The highest BCUT2D eigenvalue weighted by Gasteiger charge is 2.32. The SMILES string of the molecule is O=C(c1sccc1S(=O)(=O)N1CCCCC1)N1CCCN(Cc2ccc(F)cc2)CC1. The van der Waals surface area contributed by atoms with E-state index in [1.807, 2.05) is 0 Å². The third-order valence-corrected chi connectivity index (χ3v) is 8.92. The van der Waals surface area contributed by atoms with Crippen molar-refractivity contribution in [3.05, 3.63) is 52.0 Å². The molecule has 31 heavy (non-hydrogen) atoms. The van der Waals surface area contributed by atoms with Crippen molar-refractivity contribution in [2.75, 3.05) is 39.3 Å². The molecule has 0 saturated carbocycles. The Balaban J connectivity index is 1.43. The lowest BCUT2D eigenvalue weighted by Crippen LogP contribution is -2.38. The van der Waals surface area contributed by atoms with Crippen molar-refractivity contribution in [3.63, 3.8) is 0 Å². The molecule has 9 heteroatoms. The molecule has 168 valence electrons. The molecule has 1 aromatic carbocycles. The fourth-order valence-electron chi connectivity index (χ4n) is 4.22. The maximum Gasteiger partial charge on any atom is 0.265 e. The Kier molecular flexibility index (Phi) is 7.05. The van der Waals surface area contributed by atoms with Crippen molar-refractivity contribution in [1.29, 1.82) is 0 Å². The van der Waals surface area contributed by atoms with E-state index in [1.54, 1.807) is 28.5 Å². The van der Waals surface area contributed by atoms with Gasteiger partial charge in [-0.3, -0.25) is 9.69 Å². The molecular weight excluding hydrogens is 437 g/mol. The summed E-state index contributed by atoms with van der Waals surface area (Å²) < 4.78 is 40.9. The van der Waals surface area contributed by atoms with Crippen molar-refractivity contribution in [3.8, 4) is 0 Å². The summed E-state index contributed by atoms with van der Waals surface area (Å²) in [5.41, 5.74) is 1.04. The van der Waals surface area contributed by atoms with E-state index >= 15 is 0 Å². The molecule has 0 spiro atoms. The van der Waals surface area contributed by atoms with E-state index in [-0.39, 0.29) is 16.6 Å². The minimum absolute atomic E-state index is 0.150. The molecule has 3 heterocycles. The lowest BCUT2D eigenvalue weighted by atomic mass is 10.2. The number of carbonyl (C=O) groups excluding carboxylic acids is 1. The van der Waals surface area contributed by atoms with E-state index in [0.717, 1.165) is 37.8 Å². The van der Waals surface area contributed by atoms with Gasteiger partial charge in [0.2, 0.25) is 10.0 Å². The van der Waals surface area contributed by atoms with Crippen molar-refractivity contribution in [2.24, 2.45) is 0 Å². The van der Waals surface area contributed by atoms with Crippen molar-refractivity contribution < 1.29 is 17.6 Å². The highest BCUT2D eigenvalue weighted by atomic mass is 32.2. The largest absolute Gasteiger partial charge is 0.337 e. The fraction of sp³-hybridized carbons (Fsp3) is 0.500. The molecule has 2 aliphatic rings. The van der Waals surface area contributed by atoms with Gasteiger partial charge in [0.15, 0.2) is 0 Å². The Morgan fingerprint density at radius 1 is 0.903 bits per heavy atom. The van der Waals surface area contributed by atoms with Gasteiger partial charge in [-0.15, -0.1) is 11.3 Å². The zero-order valence-electron chi connectivity index (χ0n) is 17.5. The van der Waals surface area contributed by atoms with Gasteiger partial charge < -0.3 is 4.90 Å². The maximum absolute atomic E-state index is 13.3. The first-order chi connectivity index (χ1) is 14.9. The average Bonchev–Trinajstić information content (AvgIpc) is 3.17.